The molecule has 3 aromatic carbocycles. The number of nitrogens with one attached hydrogen (secondary N) is 2. The maximum Gasteiger partial charge on any atom is 0.256 e. The van der Waals surface area contributed by atoms with Crippen LogP contribution in [0.25, 0.3) is 0 Å². The molecule has 1 atom stereocenters. The Kier molecular flexibility index (Phi) is 6.47. The van der Waals surface area contributed by atoms with Crippen molar-refractivity contribution < 1.29 is 18.7 Å². The second kappa shape index (κ2) is 9.62. The van der Waals surface area contributed by atoms with Crippen molar-refractivity contribution in [1.29, 1.82) is 0 Å². The molecular formula is C25H24FN3O3. The highest BCUT2D eigenvalue weighted by molar-refractivity contribution is 5.99. The average Bonchev–Trinajstić information content (AvgIpc) is 3.08. The summed E-state index contributed by atoms with van der Waals surface area (Å²) >= 11 is 0. The number of hydrogen-bond donors (Lipinski definition) is 2. The van der Waals surface area contributed by atoms with Crippen LogP contribution in [0.15, 0.2) is 72.8 Å². The number of fused-ring (bicyclic) bond motifs is 1. The van der Waals surface area contributed by atoms with Crippen LogP contribution in [0.2, 0.25) is 0 Å². The lowest BCUT2D eigenvalue weighted by atomic mass is 10.1. The molecule has 0 aromatic heterocycles. The van der Waals surface area contributed by atoms with Crippen LogP contribution in [0.5, 0.6) is 0 Å². The van der Waals surface area contributed by atoms with Gasteiger partial charge in [0, 0.05) is 42.6 Å². The van der Waals surface area contributed by atoms with E-state index >= 15 is 0 Å². The average molecular weight is 433 g/mol. The molecule has 0 bridgehead atoms. The first kappa shape index (κ1) is 21.5. The molecule has 1 aliphatic heterocycles. The Labute approximate surface area is 186 Å². The summed E-state index contributed by atoms with van der Waals surface area (Å²) in [7, 11) is 1.61. The fraction of sp³-hybridized carbons (Fsp3) is 0.200. The minimum atomic E-state index is -0.313. The molecule has 3 aromatic rings. The van der Waals surface area contributed by atoms with Crippen LogP contribution in [0.3, 0.4) is 0 Å². The zero-order valence-corrected chi connectivity index (χ0v) is 17.7. The van der Waals surface area contributed by atoms with E-state index in [4.69, 9.17) is 4.74 Å². The van der Waals surface area contributed by atoms with Crippen molar-refractivity contribution in [3.8, 4) is 0 Å². The maximum absolute atomic E-state index is 13.0. The molecule has 0 saturated carbocycles. The molecule has 4 rings (SSSR count). The molecular weight excluding hydrogens is 409 g/mol. The minimum absolute atomic E-state index is 0.0352. The molecule has 7 heteroatoms. The number of nitrogens with zero attached hydrogens (tertiary/aromatic N) is 1. The third-order valence-corrected chi connectivity index (χ3v) is 5.41. The van der Waals surface area contributed by atoms with E-state index in [0.29, 0.717) is 30.8 Å². The van der Waals surface area contributed by atoms with Crippen molar-refractivity contribution in [2.45, 2.75) is 12.7 Å². The monoisotopic (exact) mass is 433 g/mol. The van der Waals surface area contributed by atoms with E-state index in [2.05, 4.69) is 10.6 Å². The van der Waals surface area contributed by atoms with Crippen molar-refractivity contribution >= 4 is 17.5 Å². The van der Waals surface area contributed by atoms with Gasteiger partial charge in [-0.25, -0.2) is 4.39 Å². The van der Waals surface area contributed by atoms with Gasteiger partial charge in [-0.15, -0.1) is 0 Å². The number of benzene rings is 3. The Morgan fingerprint density at radius 1 is 1.03 bits per heavy atom. The van der Waals surface area contributed by atoms with E-state index in [1.54, 1.807) is 36.3 Å². The predicted molar refractivity (Wildman–Crippen MR) is 120 cm³/mol. The molecule has 0 spiro atoms. The Morgan fingerprint density at radius 2 is 1.75 bits per heavy atom. The van der Waals surface area contributed by atoms with Crippen molar-refractivity contribution in [3.63, 3.8) is 0 Å². The lowest BCUT2D eigenvalue weighted by molar-refractivity contribution is 0.0674. The van der Waals surface area contributed by atoms with Gasteiger partial charge in [-0.05, 0) is 48.0 Å². The van der Waals surface area contributed by atoms with Gasteiger partial charge in [-0.1, -0.05) is 30.3 Å². The van der Waals surface area contributed by atoms with Gasteiger partial charge in [0.1, 0.15) is 12.0 Å². The zero-order chi connectivity index (χ0) is 22.5. The van der Waals surface area contributed by atoms with Gasteiger partial charge < -0.3 is 20.3 Å². The van der Waals surface area contributed by atoms with Crippen LogP contribution in [-0.4, -0.2) is 37.0 Å². The van der Waals surface area contributed by atoms with E-state index in [0.717, 1.165) is 16.8 Å². The number of carbonyl (C=O) groups excluding carboxylic acids is 2. The van der Waals surface area contributed by atoms with Crippen LogP contribution in [0, 0.1) is 5.82 Å². The molecule has 0 radical (unpaired) electrons. The van der Waals surface area contributed by atoms with Gasteiger partial charge in [0.25, 0.3) is 11.8 Å². The number of ether oxygens (including phenoxy) is 1. The topological polar surface area (TPSA) is 70.7 Å². The zero-order valence-electron chi connectivity index (χ0n) is 17.7. The van der Waals surface area contributed by atoms with Gasteiger partial charge in [-0.2, -0.15) is 0 Å². The van der Waals surface area contributed by atoms with Gasteiger partial charge in [-0.3, -0.25) is 9.59 Å². The fourth-order valence-corrected chi connectivity index (χ4v) is 3.71. The fourth-order valence-electron chi connectivity index (χ4n) is 3.71. The predicted octanol–water partition coefficient (Wildman–Crippen LogP) is 3.97. The molecule has 0 fully saturated rings. The maximum atomic E-state index is 13.0. The summed E-state index contributed by atoms with van der Waals surface area (Å²) in [6.07, 6.45) is -0.313. The summed E-state index contributed by atoms with van der Waals surface area (Å²) in [6, 6.07) is 20.6. The van der Waals surface area contributed by atoms with E-state index in [1.165, 1.54) is 12.1 Å². The highest BCUT2D eigenvalue weighted by Crippen LogP contribution is 2.34. The lowest BCUT2D eigenvalue weighted by Crippen LogP contribution is -2.35. The van der Waals surface area contributed by atoms with Crippen LogP contribution in [0.1, 0.15) is 38.0 Å². The van der Waals surface area contributed by atoms with Crippen LogP contribution >= 0.6 is 0 Å². The van der Waals surface area contributed by atoms with E-state index < -0.39 is 0 Å². The third-order valence-electron chi connectivity index (χ3n) is 5.41. The molecule has 1 aliphatic rings. The van der Waals surface area contributed by atoms with Gasteiger partial charge in [0.15, 0.2) is 0 Å². The Morgan fingerprint density at radius 3 is 2.47 bits per heavy atom. The molecule has 6 nitrogen and oxygen atoms in total. The van der Waals surface area contributed by atoms with E-state index in [9.17, 15) is 14.0 Å². The Bertz CT molecular complexity index is 1100. The lowest BCUT2D eigenvalue weighted by Gasteiger charge is -2.27. The highest BCUT2D eigenvalue weighted by atomic mass is 19.1. The van der Waals surface area contributed by atoms with E-state index in [1.807, 2.05) is 36.4 Å². The smallest absolute Gasteiger partial charge is 0.256 e. The van der Waals surface area contributed by atoms with Crippen molar-refractivity contribution in [1.82, 2.24) is 10.2 Å². The number of rotatable bonds is 8. The highest BCUT2D eigenvalue weighted by Gasteiger charge is 2.36. The molecule has 0 aliphatic carbocycles. The quantitative estimate of drug-likeness (QED) is 0.564. The first-order valence-corrected chi connectivity index (χ1v) is 10.3. The first-order valence-electron chi connectivity index (χ1n) is 10.3. The second-order valence-corrected chi connectivity index (χ2v) is 7.51. The number of carbonyl (C=O) groups is 2. The van der Waals surface area contributed by atoms with Crippen LogP contribution in [-0.2, 0) is 11.3 Å². The summed E-state index contributed by atoms with van der Waals surface area (Å²) < 4.78 is 18.2. The number of methoxy groups -OCH3 is 1. The summed E-state index contributed by atoms with van der Waals surface area (Å²) in [4.78, 5) is 27.0. The standard InChI is InChI=1S/C25H24FN3O3/c1-32-15-14-29-23(21-4-2-3-5-22(21)25(29)31)28-20-12-8-18(9-13-20)24(30)27-16-17-6-10-19(26)11-7-17/h2-13,23,28H,14-16H2,1H3,(H,27,30). The van der Waals surface area contributed by atoms with Gasteiger partial charge in [0.05, 0.1) is 6.61 Å². The summed E-state index contributed by atoms with van der Waals surface area (Å²) in [6.45, 7) is 1.21. The molecule has 1 unspecified atom stereocenters. The Hall–Kier alpha value is -3.71. The van der Waals surface area contributed by atoms with Crippen LogP contribution in [0.4, 0.5) is 10.1 Å². The van der Waals surface area contributed by atoms with Gasteiger partial charge in [0.2, 0.25) is 0 Å². The molecule has 2 N–H and O–H groups in total. The number of amides is 2. The van der Waals surface area contributed by atoms with Crippen molar-refractivity contribution in [3.05, 3.63) is 101 Å². The normalized spacial score (nSPS) is 14.9. The first-order chi connectivity index (χ1) is 15.6. The minimum Gasteiger partial charge on any atom is -0.383 e. The summed E-state index contributed by atoms with van der Waals surface area (Å²) in [5.41, 5.74) is 3.71. The largest absolute Gasteiger partial charge is 0.383 e. The van der Waals surface area contributed by atoms with E-state index in [-0.39, 0.29) is 23.8 Å². The second-order valence-electron chi connectivity index (χ2n) is 7.51. The van der Waals surface area contributed by atoms with Crippen molar-refractivity contribution in [2.75, 3.05) is 25.6 Å². The number of anilines is 1. The molecule has 164 valence electrons. The van der Waals surface area contributed by atoms with Gasteiger partial charge >= 0.3 is 0 Å². The number of hydrogen-bond acceptors (Lipinski definition) is 4. The Balaban J connectivity index is 1.43. The summed E-state index contributed by atoms with van der Waals surface area (Å²) in [5, 5.41) is 6.23. The SMILES string of the molecule is COCCN1C(=O)c2ccccc2C1Nc1ccc(C(=O)NCc2ccc(F)cc2)cc1. The molecule has 1 heterocycles. The van der Waals surface area contributed by atoms with Crippen LogP contribution < -0.4 is 10.6 Å². The number of halogens is 1. The third kappa shape index (κ3) is 4.63. The molecule has 2 amide bonds. The summed E-state index contributed by atoms with van der Waals surface area (Å²) in [5.74, 6) is -0.563. The molecule has 0 saturated heterocycles. The van der Waals surface area contributed by atoms with Crippen molar-refractivity contribution in [2.24, 2.45) is 0 Å². The molecule has 32 heavy (non-hydrogen) atoms.